The fourth-order valence-electron chi connectivity index (χ4n) is 4.02. The van der Waals surface area contributed by atoms with Gasteiger partial charge in [-0.3, -0.25) is 5.32 Å². The van der Waals surface area contributed by atoms with Crippen LogP contribution in [0.4, 0.5) is 4.79 Å². The van der Waals surface area contributed by atoms with Crippen LogP contribution in [-0.4, -0.2) is 21.0 Å². The highest BCUT2D eigenvalue weighted by molar-refractivity contribution is 6.99. The number of carbonyl (C=O) groups is 1. The molecule has 1 amide bonds. The van der Waals surface area contributed by atoms with Gasteiger partial charge in [-0.2, -0.15) is 0 Å². The molecule has 0 heterocycles. The quantitative estimate of drug-likeness (QED) is 0.345. The van der Waals surface area contributed by atoms with Crippen molar-refractivity contribution < 1.29 is 14.0 Å². The zero-order valence-electron chi connectivity index (χ0n) is 19.7. The molecule has 0 saturated carbocycles. The fourth-order valence-corrected chi connectivity index (χ4v) is 8.60. The van der Waals surface area contributed by atoms with Crippen LogP contribution in [0, 0.1) is 0 Å². The molecular weight excluding hydrogens is 426 g/mol. The SMILES string of the molecule is CC(C)(C)[Si](OCC/C=C/NC(=O)OCc1ccccc1)(c1ccccc1)c1ccccc1. The molecule has 0 aliphatic carbocycles. The first-order chi connectivity index (χ1) is 15.9. The summed E-state index contributed by atoms with van der Waals surface area (Å²) in [6, 6.07) is 30.8. The van der Waals surface area contributed by atoms with Crippen LogP contribution in [0.15, 0.2) is 103 Å². The van der Waals surface area contributed by atoms with Crippen LogP contribution in [0.2, 0.25) is 5.04 Å². The van der Waals surface area contributed by atoms with E-state index in [1.165, 1.54) is 10.4 Å². The first-order valence-electron chi connectivity index (χ1n) is 11.3. The lowest BCUT2D eigenvalue weighted by molar-refractivity contribution is 0.143. The van der Waals surface area contributed by atoms with Crippen LogP contribution in [0.5, 0.6) is 0 Å². The number of alkyl carbamates (subject to hydrolysis) is 1. The Balaban J connectivity index is 1.62. The van der Waals surface area contributed by atoms with Gasteiger partial charge in [-0.1, -0.05) is 118 Å². The van der Waals surface area contributed by atoms with E-state index in [1.807, 2.05) is 48.5 Å². The van der Waals surface area contributed by atoms with E-state index in [0.717, 1.165) is 5.56 Å². The second-order valence-corrected chi connectivity index (χ2v) is 13.2. The number of hydrogen-bond acceptors (Lipinski definition) is 3. The van der Waals surface area contributed by atoms with Gasteiger partial charge in [0.2, 0.25) is 0 Å². The lowest BCUT2D eigenvalue weighted by atomic mass is 10.2. The van der Waals surface area contributed by atoms with E-state index >= 15 is 0 Å². The summed E-state index contributed by atoms with van der Waals surface area (Å²) in [6.07, 6.45) is 3.75. The molecule has 4 nitrogen and oxygen atoms in total. The molecule has 0 fully saturated rings. The number of rotatable bonds is 9. The molecule has 0 aliphatic rings. The topological polar surface area (TPSA) is 47.6 Å². The summed E-state index contributed by atoms with van der Waals surface area (Å²) >= 11 is 0. The van der Waals surface area contributed by atoms with Crippen LogP contribution in [-0.2, 0) is 15.8 Å². The van der Waals surface area contributed by atoms with E-state index in [-0.39, 0.29) is 11.6 Å². The molecule has 5 heteroatoms. The zero-order valence-corrected chi connectivity index (χ0v) is 20.7. The van der Waals surface area contributed by atoms with Gasteiger partial charge in [0, 0.05) is 12.8 Å². The first-order valence-corrected chi connectivity index (χ1v) is 13.2. The maximum Gasteiger partial charge on any atom is 0.411 e. The lowest BCUT2D eigenvalue weighted by Gasteiger charge is -2.43. The average Bonchev–Trinajstić information content (AvgIpc) is 2.83. The van der Waals surface area contributed by atoms with Gasteiger partial charge in [0.1, 0.15) is 6.61 Å². The van der Waals surface area contributed by atoms with E-state index < -0.39 is 14.4 Å². The van der Waals surface area contributed by atoms with Crippen LogP contribution < -0.4 is 15.7 Å². The highest BCUT2D eigenvalue weighted by atomic mass is 28.4. The fraction of sp³-hybridized carbons (Fsp3) is 0.250. The normalized spacial score (nSPS) is 12.0. The van der Waals surface area contributed by atoms with Gasteiger partial charge in [-0.15, -0.1) is 0 Å². The molecular formula is C28H33NO3Si. The van der Waals surface area contributed by atoms with Crippen molar-refractivity contribution in [3.63, 3.8) is 0 Å². The Labute approximate surface area is 198 Å². The minimum Gasteiger partial charge on any atom is -0.444 e. The van der Waals surface area contributed by atoms with Gasteiger partial charge < -0.3 is 9.16 Å². The van der Waals surface area contributed by atoms with E-state index in [4.69, 9.17) is 9.16 Å². The zero-order chi connectivity index (χ0) is 23.6. The number of carbonyl (C=O) groups excluding carboxylic acids is 1. The van der Waals surface area contributed by atoms with Crippen molar-refractivity contribution in [2.24, 2.45) is 0 Å². The van der Waals surface area contributed by atoms with Gasteiger partial charge >= 0.3 is 6.09 Å². The van der Waals surface area contributed by atoms with Crippen LogP contribution in [0.3, 0.4) is 0 Å². The summed E-state index contributed by atoms with van der Waals surface area (Å²) in [4.78, 5) is 11.9. The van der Waals surface area contributed by atoms with Gasteiger partial charge in [-0.05, 0) is 27.4 Å². The molecule has 0 unspecified atom stereocenters. The molecule has 3 aromatic carbocycles. The number of ether oxygens (including phenoxy) is 1. The molecule has 1 N–H and O–H groups in total. The van der Waals surface area contributed by atoms with Crippen molar-refractivity contribution in [3.8, 4) is 0 Å². The molecule has 0 bridgehead atoms. The predicted octanol–water partition coefficient (Wildman–Crippen LogP) is 5.39. The molecule has 3 rings (SSSR count). The summed E-state index contributed by atoms with van der Waals surface area (Å²) in [5.41, 5.74) is 0.954. The summed E-state index contributed by atoms with van der Waals surface area (Å²) in [6.45, 7) is 7.60. The first kappa shape index (κ1) is 24.5. The Bertz CT molecular complexity index is 976. The van der Waals surface area contributed by atoms with E-state index in [0.29, 0.717) is 13.0 Å². The summed E-state index contributed by atoms with van der Waals surface area (Å²) in [5, 5.41) is 5.12. The second kappa shape index (κ2) is 11.6. The largest absolute Gasteiger partial charge is 0.444 e. The highest BCUT2D eigenvalue weighted by Crippen LogP contribution is 2.36. The Morgan fingerprint density at radius 3 is 1.88 bits per heavy atom. The van der Waals surface area contributed by atoms with Crippen LogP contribution >= 0.6 is 0 Å². The van der Waals surface area contributed by atoms with E-state index in [1.54, 1.807) is 6.20 Å². The number of benzene rings is 3. The minimum absolute atomic E-state index is 0.0566. The Morgan fingerprint density at radius 1 is 0.848 bits per heavy atom. The molecule has 172 valence electrons. The molecule has 0 atom stereocenters. The summed E-state index contributed by atoms with van der Waals surface area (Å²) < 4.78 is 12.0. The van der Waals surface area contributed by atoms with Crippen molar-refractivity contribution in [1.82, 2.24) is 5.32 Å². The third-order valence-corrected chi connectivity index (χ3v) is 10.6. The van der Waals surface area contributed by atoms with Gasteiger partial charge in [0.15, 0.2) is 0 Å². The summed E-state index contributed by atoms with van der Waals surface area (Å²) in [7, 11) is -2.53. The Kier molecular flexibility index (Phi) is 8.63. The van der Waals surface area contributed by atoms with Crippen LogP contribution in [0.1, 0.15) is 32.8 Å². The van der Waals surface area contributed by atoms with E-state index in [9.17, 15) is 4.79 Å². The third-order valence-electron chi connectivity index (χ3n) is 5.55. The monoisotopic (exact) mass is 459 g/mol. The molecule has 0 radical (unpaired) electrons. The molecule has 3 aromatic rings. The van der Waals surface area contributed by atoms with Crippen molar-refractivity contribution in [2.75, 3.05) is 6.61 Å². The lowest BCUT2D eigenvalue weighted by Crippen LogP contribution is -2.66. The van der Waals surface area contributed by atoms with Gasteiger partial charge in [0.05, 0.1) is 0 Å². The van der Waals surface area contributed by atoms with Crippen molar-refractivity contribution in [1.29, 1.82) is 0 Å². The predicted molar refractivity (Wildman–Crippen MR) is 137 cm³/mol. The molecule has 0 saturated heterocycles. The second-order valence-electron chi connectivity index (χ2n) is 8.91. The molecule has 0 aromatic heterocycles. The number of nitrogens with one attached hydrogen (secondary N) is 1. The molecule has 0 aliphatic heterocycles. The Morgan fingerprint density at radius 2 is 1.36 bits per heavy atom. The third kappa shape index (κ3) is 6.43. The van der Waals surface area contributed by atoms with Crippen molar-refractivity contribution in [3.05, 3.63) is 109 Å². The van der Waals surface area contributed by atoms with Crippen molar-refractivity contribution >= 4 is 24.8 Å². The smallest absolute Gasteiger partial charge is 0.411 e. The highest BCUT2D eigenvalue weighted by Gasteiger charge is 2.49. The number of amides is 1. The van der Waals surface area contributed by atoms with Gasteiger partial charge in [-0.25, -0.2) is 4.79 Å². The minimum atomic E-state index is -2.53. The van der Waals surface area contributed by atoms with Crippen LogP contribution in [0.25, 0.3) is 0 Å². The van der Waals surface area contributed by atoms with Gasteiger partial charge in [0.25, 0.3) is 8.32 Å². The maximum absolute atomic E-state index is 11.9. The summed E-state index contributed by atoms with van der Waals surface area (Å²) in [5.74, 6) is 0. The molecule has 0 spiro atoms. The number of hydrogen-bond donors (Lipinski definition) is 1. The maximum atomic E-state index is 11.9. The molecule has 33 heavy (non-hydrogen) atoms. The average molecular weight is 460 g/mol. The van der Waals surface area contributed by atoms with E-state index in [2.05, 4.69) is 74.6 Å². The van der Waals surface area contributed by atoms with Crippen molar-refractivity contribution in [2.45, 2.75) is 38.8 Å². The standard InChI is InChI=1S/C28H33NO3Si/c1-28(2,3)33(25-17-9-5-10-18-25,26-19-11-6-12-20-26)32-22-14-13-21-29-27(30)31-23-24-15-7-4-8-16-24/h4-13,15-21H,14,22-23H2,1-3H3,(H,29,30)/b21-13+. The Hall–Kier alpha value is -3.15.